The highest BCUT2D eigenvalue weighted by Gasteiger charge is 2.15. The maximum Gasteiger partial charge on any atom is 0.138 e. The van der Waals surface area contributed by atoms with Crippen molar-refractivity contribution in [1.29, 1.82) is 0 Å². The number of nitrogens with one attached hydrogen (secondary N) is 1. The van der Waals surface area contributed by atoms with Crippen LogP contribution in [0.1, 0.15) is 13.3 Å². The molecule has 1 aromatic rings. The van der Waals surface area contributed by atoms with E-state index in [4.69, 9.17) is 16.3 Å². The summed E-state index contributed by atoms with van der Waals surface area (Å²) in [4.78, 5) is 0. The maximum atomic E-state index is 6.12. The van der Waals surface area contributed by atoms with Crippen molar-refractivity contribution >= 4 is 29.1 Å². The van der Waals surface area contributed by atoms with E-state index >= 15 is 0 Å². The summed E-state index contributed by atoms with van der Waals surface area (Å²) in [5.41, 5.74) is 1.08. The van der Waals surface area contributed by atoms with E-state index in [2.05, 4.69) is 5.32 Å². The van der Waals surface area contributed by atoms with Crippen LogP contribution in [0.5, 0.6) is 5.75 Å². The Labute approximate surface area is 106 Å². The summed E-state index contributed by atoms with van der Waals surface area (Å²) in [6, 6.07) is 6.48. The lowest BCUT2D eigenvalue weighted by Crippen LogP contribution is -2.17. The van der Waals surface area contributed by atoms with Gasteiger partial charge in [0.15, 0.2) is 0 Å². The zero-order valence-electron chi connectivity index (χ0n) is 9.33. The van der Waals surface area contributed by atoms with Crippen LogP contribution in [0.3, 0.4) is 0 Å². The van der Waals surface area contributed by atoms with Gasteiger partial charge in [-0.15, -0.1) is 0 Å². The van der Waals surface area contributed by atoms with Crippen LogP contribution in [0.25, 0.3) is 0 Å². The van der Waals surface area contributed by atoms with Crippen molar-refractivity contribution in [2.75, 3.05) is 23.4 Å². The van der Waals surface area contributed by atoms with E-state index in [1.165, 1.54) is 17.9 Å². The molecule has 16 heavy (non-hydrogen) atoms. The van der Waals surface area contributed by atoms with E-state index in [9.17, 15) is 0 Å². The Balaban J connectivity index is 2.02. The van der Waals surface area contributed by atoms with Gasteiger partial charge < -0.3 is 10.1 Å². The molecular formula is C12H16ClNOS. The van der Waals surface area contributed by atoms with Crippen molar-refractivity contribution in [3.63, 3.8) is 0 Å². The van der Waals surface area contributed by atoms with E-state index in [-0.39, 0.29) is 0 Å². The highest BCUT2D eigenvalue weighted by Crippen LogP contribution is 2.29. The summed E-state index contributed by atoms with van der Waals surface area (Å²) in [6.45, 7) is 2.60. The minimum Gasteiger partial charge on any atom is -0.492 e. The van der Waals surface area contributed by atoms with E-state index in [0.717, 1.165) is 11.4 Å². The van der Waals surface area contributed by atoms with Crippen molar-refractivity contribution in [2.45, 2.75) is 19.4 Å². The molecule has 4 heteroatoms. The molecule has 1 aromatic carbocycles. The second-order valence-corrected chi connectivity index (χ2v) is 5.34. The van der Waals surface area contributed by atoms with Gasteiger partial charge in [0.05, 0.1) is 11.6 Å². The molecule has 0 saturated carbocycles. The minimum atomic E-state index is 0.582. The van der Waals surface area contributed by atoms with Gasteiger partial charge in [0, 0.05) is 17.5 Å². The van der Waals surface area contributed by atoms with Crippen LogP contribution in [-0.4, -0.2) is 24.2 Å². The van der Waals surface area contributed by atoms with Crippen LogP contribution in [0.4, 0.5) is 5.69 Å². The summed E-state index contributed by atoms with van der Waals surface area (Å²) < 4.78 is 5.40. The predicted molar refractivity (Wildman–Crippen MR) is 72.0 cm³/mol. The number of ether oxygens (including phenoxy) is 1. The fraction of sp³-hybridized carbons (Fsp3) is 0.500. The fourth-order valence-electron chi connectivity index (χ4n) is 1.75. The zero-order chi connectivity index (χ0) is 11.4. The molecule has 1 aliphatic rings. The van der Waals surface area contributed by atoms with Gasteiger partial charge in [-0.05, 0) is 37.3 Å². The van der Waals surface area contributed by atoms with Crippen LogP contribution in [0.15, 0.2) is 18.2 Å². The van der Waals surface area contributed by atoms with E-state index < -0.39 is 0 Å². The first-order valence-electron chi connectivity index (χ1n) is 5.56. The van der Waals surface area contributed by atoms with Gasteiger partial charge in [-0.25, -0.2) is 0 Å². The molecule has 2 nitrogen and oxygen atoms in total. The van der Waals surface area contributed by atoms with E-state index in [1.54, 1.807) is 0 Å². The second-order valence-electron chi connectivity index (χ2n) is 3.78. The third-order valence-corrected chi connectivity index (χ3v) is 3.99. The van der Waals surface area contributed by atoms with Gasteiger partial charge in [0.1, 0.15) is 5.75 Å². The van der Waals surface area contributed by atoms with Crippen LogP contribution in [-0.2, 0) is 0 Å². The van der Waals surface area contributed by atoms with Gasteiger partial charge in [-0.1, -0.05) is 11.6 Å². The highest BCUT2D eigenvalue weighted by molar-refractivity contribution is 7.99. The van der Waals surface area contributed by atoms with Gasteiger partial charge in [0.25, 0.3) is 0 Å². The summed E-state index contributed by atoms with van der Waals surface area (Å²) in [7, 11) is 0. The average Bonchev–Trinajstić information content (AvgIpc) is 2.75. The first-order valence-corrected chi connectivity index (χ1v) is 7.09. The lowest BCUT2D eigenvalue weighted by Gasteiger charge is -2.14. The number of hydrogen-bond acceptors (Lipinski definition) is 3. The molecule has 1 aliphatic heterocycles. The summed E-state index contributed by atoms with van der Waals surface area (Å²) in [6.07, 6.45) is 1.23. The molecule has 2 rings (SSSR count). The topological polar surface area (TPSA) is 21.3 Å². The molecule has 1 fully saturated rings. The molecule has 88 valence electrons. The zero-order valence-corrected chi connectivity index (χ0v) is 10.9. The van der Waals surface area contributed by atoms with Gasteiger partial charge in [0.2, 0.25) is 0 Å². The lowest BCUT2D eigenvalue weighted by atomic mass is 10.2. The lowest BCUT2D eigenvalue weighted by molar-refractivity contribution is 0.340. The third kappa shape index (κ3) is 2.98. The first-order chi connectivity index (χ1) is 7.79. The Kier molecular flexibility index (Phi) is 4.24. The molecule has 1 saturated heterocycles. The number of rotatable bonds is 4. The number of hydrogen-bond donors (Lipinski definition) is 1. The molecule has 1 atom stereocenters. The van der Waals surface area contributed by atoms with Crippen LogP contribution < -0.4 is 10.1 Å². The van der Waals surface area contributed by atoms with Crippen molar-refractivity contribution in [1.82, 2.24) is 0 Å². The van der Waals surface area contributed by atoms with Crippen molar-refractivity contribution < 1.29 is 4.74 Å². The number of anilines is 1. The largest absolute Gasteiger partial charge is 0.492 e. The normalized spacial score (nSPS) is 19.8. The fourth-order valence-corrected chi connectivity index (χ4v) is 3.13. The molecule has 0 aliphatic carbocycles. The highest BCUT2D eigenvalue weighted by atomic mass is 35.5. The van der Waals surface area contributed by atoms with E-state index in [1.807, 2.05) is 36.9 Å². The SMILES string of the molecule is CCOc1ccc(NC2CCSC2)cc1Cl. The standard InChI is InChI=1S/C12H16ClNOS/c1-2-15-12-4-3-9(7-11(12)13)14-10-5-6-16-8-10/h3-4,7,10,14H,2,5-6,8H2,1H3. The molecular weight excluding hydrogens is 242 g/mol. The number of thioether (sulfide) groups is 1. The monoisotopic (exact) mass is 257 g/mol. The van der Waals surface area contributed by atoms with Gasteiger partial charge in [-0.3, -0.25) is 0 Å². The Morgan fingerprint density at radius 3 is 3.06 bits per heavy atom. The minimum absolute atomic E-state index is 0.582. The van der Waals surface area contributed by atoms with Gasteiger partial charge >= 0.3 is 0 Å². The molecule has 1 N–H and O–H groups in total. The Hall–Kier alpha value is -0.540. The van der Waals surface area contributed by atoms with Crippen LogP contribution in [0.2, 0.25) is 5.02 Å². The second kappa shape index (κ2) is 5.69. The molecule has 0 spiro atoms. The van der Waals surface area contributed by atoms with Crippen molar-refractivity contribution in [3.05, 3.63) is 23.2 Å². The Morgan fingerprint density at radius 2 is 2.44 bits per heavy atom. The molecule has 0 amide bonds. The van der Waals surface area contributed by atoms with Crippen LogP contribution in [0, 0.1) is 0 Å². The van der Waals surface area contributed by atoms with Crippen molar-refractivity contribution in [2.24, 2.45) is 0 Å². The molecule has 1 heterocycles. The van der Waals surface area contributed by atoms with Crippen molar-refractivity contribution in [3.8, 4) is 5.75 Å². The predicted octanol–water partition coefficient (Wildman–Crippen LogP) is 3.66. The summed E-state index contributed by atoms with van der Waals surface area (Å²) >= 11 is 8.12. The molecule has 1 unspecified atom stereocenters. The Morgan fingerprint density at radius 1 is 1.56 bits per heavy atom. The number of benzene rings is 1. The summed E-state index contributed by atoms with van der Waals surface area (Å²) in [5, 5.41) is 4.17. The molecule has 0 radical (unpaired) electrons. The van der Waals surface area contributed by atoms with Crippen LogP contribution >= 0.6 is 23.4 Å². The third-order valence-electron chi connectivity index (χ3n) is 2.53. The average molecular weight is 258 g/mol. The smallest absolute Gasteiger partial charge is 0.138 e. The Bertz CT molecular complexity index is 353. The molecule has 0 bridgehead atoms. The number of halogens is 1. The van der Waals surface area contributed by atoms with E-state index in [0.29, 0.717) is 17.7 Å². The first kappa shape index (κ1) is 11.9. The molecule has 0 aromatic heterocycles. The van der Waals surface area contributed by atoms with Gasteiger partial charge in [-0.2, -0.15) is 11.8 Å². The quantitative estimate of drug-likeness (QED) is 0.890. The maximum absolute atomic E-state index is 6.12. The summed E-state index contributed by atoms with van der Waals surface area (Å²) in [5.74, 6) is 3.20.